The number of aliphatic hydroxyl groups is 1. The summed E-state index contributed by atoms with van der Waals surface area (Å²) in [5, 5.41) is 15.9. The third kappa shape index (κ3) is 5.07. The molecule has 1 aliphatic heterocycles. The average Bonchev–Trinajstić information content (AvgIpc) is 3.30. The number of amides is 1. The predicted molar refractivity (Wildman–Crippen MR) is 115 cm³/mol. The molecule has 9 nitrogen and oxygen atoms in total. The van der Waals surface area contributed by atoms with Crippen LogP contribution in [0.15, 0.2) is 49.1 Å². The third-order valence-electron chi connectivity index (χ3n) is 5.25. The van der Waals surface area contributed by atoms with Crippen LogP contribution in [0.4, 0.5) is 5.95 Å². The van der Waals surface area contributed by atoms with Gasteiger partial charge in [-0.3, -0.25) is 9.36 Å². The molecule has 1 saturated heterocycles. The Morgan fingerprint density at radius 1 is 1.26 bits per heavy atom. The zero-order valence-electron chi connectivity index (χ0n) is 17.4. The highest BCUT2D eigenvalue weighted by Crippen LogP contribution is 2.17. The molecule has 3 aromatic rings. The molecule has 31 heavy (non-hydrogen) atoms. The summed E-state index contributed by atoms with van der Waals surface area (Å²) in [4.78, 5) is 25.9. The lowest BCUT2D eigenvalue weighted by atomic mass is 10.1. The molecule has 2 aromatic heterocycles. The zero-order valence-corrected chi connectivity index (χ0v) is 17.4. The van der Waals surface area contributed by atoms with E-state index in [1.54, 1.807) is 23.3 Å². The molecule has 1 fully saturated rings. The number of hydrogen-bond acceptors (Lipinski definition) is 7. The number of nitrogens with zero attached hydrogens (tertiary/aromatic N) is 4. The molecule has 0 spiro atoms. The van der Waals surface area contributed by atoms with Gasteiger partial charge in [0.25, 0.3) is 5.91 Å². The summed E-state index contributed by atoms with van der Waals surface area (Å²) in [6.45, 7) is 3.16. The number of hydrogen-bond donors (Lipinski definition) is 3. The van der Waals surface area contributed by atoms with Crippen molar-refractivity contribution in [1.82, 2.24) is 24.8 Å². The van der Waals surface area contributed by atoms with Crippen molar-refractivity contribution in [2.75, 3.05) is 25.1 Å². The Hall–Kier alpha value is -3.30. The van der Waals surface area contributed by atoms with Crippen LogP contribution in [0.2, 0.25) is 0 Å². The van der Waals surface area contributed by atoms with Crippen LogP contribution in [-0.2, 0) is 4.74 Å². The Bertz CT molecular complexity index is 1020. The van der Waals surface area contributed by atoms with Gasteiger partial charge >= 0.3 is 0 Å². The minimum atomic E-state index is -0.505. The number of anilines is 1. The minimum Gasteiger partial charge on any atom is -0.394 e. The summed E-state index contributed by atoms with van der Waals surface area (Å²) in [6.07, 6.45) is 6.76. The fraction of sp³-hybridized carbons (Fsp3) is 0.364. The first-order valence-electron chi connectivity index (χ1n) is 10.3. The summed E-state index contributed by atoms with van der Waals surface area (Å²) in [7, 11) is 0. The van der Waals surface area contributed by atoms with E-state index < -0.39 is 6.04 Å². The van der Waals surface area contributed by atoms with Crippen LogP contribution < -0.4 is 10.6 Å². The van der Waals surface area contributed by atoms with Crippen LogP contribution in [0.1, 0.15) is 40.5 Å². The molecule has 1 aliphatic rings. The number of nitrogens with one attached hydrogen (secondary N) is 2. The molecule has 1 unspecified atom stereocenters. The van der Waals surface area contributed by atoms with Gasteiger partial charge in [-0.2, -0.15) is 4.98 Å². The van der Waals surface area contributed by atoms with Gasteiger partial charge in [0.2, 0.25) is 5.95 Å². The molecule has 0 bridgehead atoms. The smallest absolute Gasteiger partial charge is 0.272 e. The number of aromatic nitrogens is 4. The highest BCUT2D eigenvalue weighted by Gasteiger charge is 2.19. The molecule has 9 heteroatoms. The SMILES string of the molecule is Cc1cnc(NC2CCOCC2)nc1-n1cnc(C(=O)NC(CO)c2ccccc2)c1. The van der Waals surface area contributed by atoms with Gasteiger partial charge in [-0.1, -0.05) is 30.3 Å². The van der Waals surface area contributed by atoms with Gasteiger partial charge in [0.1, 0.15) is 17.8 Å². The van der Waals surface area contributed by atoms with Crippen LogP contribution >= 0.6 is 0 Å². The predicted octanol–water partition coefficient (Wildman–Crippen LogP) is 2.03. The summed E-state index contributed by atoms with van der Waals surface area (Å²) in [5.41, 5.74) is 1.93. The van der Waals surface area contributed by atoms with Crippen LogP contribution in [0.3, 0.4) is 0 Å². The number of rotatable bonds is 7. The molecule has 0 aliphatic carbocycles. The first-order valence-corrected chi connectivity index (χ1v) is 10.3. The highest BCUT2D eigenvalue weighted by atomic mass is 16.5. The summed E-state index contributed by atoms with van der Waals surface area (Å²) < 4.78 is 7.10. The molecule has 3 N–H and O–H groups in total. The van der Waals surface area contributed by atoms with E-state index in [1.807, 2.05) is 37.3 Å². The summed E-state index contributed by atoms with van der Waals surface area (Å²) >= 11 is 0. The highest BCUT2D eigenvalue weighted by molar-refractivity contribution is 5.92. The zero-order chi connectivity index (χ0) is 21.6. The van der Waals surface area contributed by atoms with E-state index in [9.17, 15) is 9.90 Å². The Morgan fingerprint density at radius 2 is 2.03 bits per heavy atom. The van der Waals surface area contributed by atoms with Crippen LogP contribution in [0.25, 0.3) is 5.82 Å². The second-order valence-electron chi connectivity index (χ2n) is 7.52. The molecule has 3 heterocycles. The standard InChI is InChI=1S/C22H26N6O3/c1-15-11-23-22(25-17-7-9-31-10-8-17)27-20(15)28-12-18(24-14-28)21(30)26-19(13-29)16-5-3-2-4-6-16/h2-6,11-12,14,17,19,29H,7-10,13H2,1H3,(H,26,30)(H,23,25,27). The Kier molecular flexibility index (Phi) is 6.54. The number of carbonyl (C=O) groups excluding carboxylic acids is 1. The van der Waals surface area contributed by atoms with Crippen molar-refractivity contribution in [3.05, 3.63) is 65.9 Å². The Labute approximate surface area is 180 Å². The maximum atomic E-state index is 12.7. The van der Waals surface area contributed by atoms with E-state index in [0.717, 1.165) is 37.2 Å². The Balaban J connectivity index is 1.48. The maximum Gasteiger partial charge on any atom is 0.272 e. The lowest BCUT2D eigenvalue weighted by Crippen LogP contribution is -2.31. The van der Waals surface area contributed by atoms with Gasteiger partial charge in [-0.25, -0.2) is 9.97 Å². The maximum absolute atomic E-state index is 12.7. The topological polar surface area (TPSA) is 114 Å². The van der Waals surface area contributed by atoms with E-state index in [1.165, 1.54) is 0 Å². The van der Waals surface area contributed by atoms with Crippen molar-refractivity contribution < 1.29 is 14.6 Å². The van der Waals surface area contributed by atoms with Crippen molar-refractivity contribution in [2.45, 2.75) is 31.8 Å². The fourth-order valence-corrected chi connectivity index (χ4v) is 3.50. The monoisotopic (exact) mass is 422 g/mol. The van der Waals surface area contributed by atoms with E-state index >= 15 is 0 Å². The average molecular weight is 422 g/mol. The summed E-state index contributed by atoms with van der Waals surface area (Å²) in [6, 6.07) is 9.10. The molecule has 162 valence electrons. The van der Waals surface area contributed by atoms with E-state index in [0.29, 0.717) is 11.8 Å². The molecule has 1 aromatic carbocycles. The number of ether oxygens (including phenoxy) is 1. The van der Waals surface area contributed by atoms with Crippen molar-refractivity contribution in [1.29, 1.82) is 0 Å². The second kappa shape index (κ2) is 9.67. The van der Waals surface area contributed by atoms with Crippen molar-refractivity contribution in [2.24, 2.45) is 0 Å². The normalized spacial score (nSPS) is 15.4. The van der Waals surface area contributed by atoms with Crippen molar-refractivity contribution >= 4 is 11.9 Å². The largest absolute Gasteiger partial charge is 0.394 e. The number of aryl methyl sites for hydroxylation is 1. The van der Waals surface area contributed by atoms with E-state index in [2.05, 4.69) is 25.6 Å². The van der Waals surface area contributed by atoms with Gasteiger partial charge in [0.05, 0.1) is 12.6 Å². The van der Waals surface area contributed by atoms with Gasteiger partial charge in [0, 0.05) is 37.2 Å². The molecule has 0 saturated carbocycles. The van der Waals surface area contributed by atoms with Gasteiger partial charge in [-0.05, 0) is 25.3 Å². The van der Waals surface area contributed by atoms with Crippen LogP contribution in [0.5, 0.6) is 0 Å². The first-order chi connectivity index (χ1) is 15.1. The van der Waals surface area contributed by atoms with E-state index in [-0.39, 0.29) is 24.2 Å². The number of aliphatic hydroxyl groups excluding tert-OH is 1. The molecular weight excluding hydrogens is 396 g/mol. The number of carbonyl (C=O) groups is 1. The molecule has 0 radical (unpaired) electrons. The fourth-order valence-electron chi connectivity index (χ4n) is 3.50. The molecule has 1 atom stereocenters. The minimum absolute atomic E-state index is 0.206. The number of imidazole rings is 1. The van der Waals surface area contributed by atoms with Crippen molar-refractivity contribution in [3.63, 3.8) is 0 Å². The molecule has 1 amide bonds. The van der Waals surface area contributed by atoms with Gasteiger partial charge in [-0.15, -0.1) is 0 Å². The second-order valence-corrected chi connectivity index (χ2v) is 7.52. The first kappa shape index (κ1) is 21.0. The Morgan fingerprint density at radius 3 is 2.77 bits per heavy atom. The van der Waals surface area contributed by atoms with Crippen molar-refractivity contribution in [3.8, 4) is 5.82 Å². The lowest BCUT2D eigenvalue weighted by molar-refractivity contribution is 0.0902. The van der Waals surface area contributed by atoms with Crippen LogP contribution in [-0.4, -0.2) is 56.4 Å². The van der Waals surface area contributed by atoms with Crippen LogP contribution in [0, 0.1) is 6.92 Å². The van der Waals surface area contributed by atoms with E-state index in [4.69, 9.17) is 4.74 Å². The van der Waals surface area contributed by atoms with Gasteiger partial charge in [0.15, 0.2) is 0 Å². The summed E-state index contributed by atoms with van der Waals surface area (Å²) in [5.74, 6) is 0.823. The van der Waals surface area contributed by atoms with Gasteiger partial charge < -0.3 is 20.5 Å². The molecule has 4 rings (SSSR count). The quantitative estimate of drug-likeness (QED) is 0.534. The lowest BCUT2D eigenvalue weighted by Gasteiger charge is -2.23. The number of benzene rings is 1. The third-order valence-corrected chi connectivity index (χ3v) is 5.25. The molecular formula is C22H26N6O3.